The number of allylic oxidation sites excluding steroid dienone is 1. The first-order valence-electron chi connectivity index (χ1n) is 7.93. The lowest BCUT2D eigenvalue weighted by atomic mass is 9.82. The van der Waals surface area contributed by atoms with Crippen molar-refractivity contribution in [3.8, 4) is 6.07 Å². The van der Waals surface area contributed by atoms with Crippen LogP contribution >= 0.6 is 0 Å². The van der Waals surface area contributed by atoms with E-state index < -0.39 is 23.5 Å². The largest absolute Gasteiger partial charge is 0.464 e. The van der Waals surface area contributed by atoms with Crippen LogP contribution in [0.25, 0.3) is 5.76 Å². The van der Waals surface area contributed by atoms with Gasteiger partial charge >= 0.3 is 11.8 Å². The molecule has 0 unspecified atom stereocenters. The molecule has 132 valence electrons. The van der Waals surface area contributed by atoms with Crippen molar-refractivity contribution < 1.29 is 23.8 Å². The molecule has 6 heteroatoms. The van der Waals surface area contributed by atoms with Gasteiger partial charge in [0.2, 0.25) is 0 Å². The molecule has 0 saturated carbocycles. The smallest absolute Gasteiger partial charge is 0.379 e. The van der Waals surface area contributed by atoms with E-state index in [1.165, 1.54) is 24.3 Å². The summed E-state index contributed by atoms with van der Waals surface area (Å²) in [5, 5.41) is 20.5. The molecule has 26 heavy (non-hydrogen) atoms. The molecule has 1 heterocycles. The van der Waals surface area contributed by atoms with Gasteiger partial charge in [-0.3, -0.25) is 0 Å². The van der Waals surface area contributed by atoms with E-state index in [2.05, 4.69) is 10.8 Å². The van der Waals surface area contributed by atoms with Gasteiger partial charge in [-0.05, 0) is 29.8 Å². The van der Waals surface area contributed by atoms with Crippen LogP contribution < -0.4 is 0 Å². The van der Waals surface area contributed by atoms with Gasteiger partial charge in [0.25, 0.3) is 0 Å². The number of hydrogen-bond donors (Lipinski definition) is 1. The summed E-state index contributed by atoms with van der Waals surface area (Å²) in [6, 6.07) is 16.4. The van der Waals surface area contributed by atoms with E-state index in [1.54, 1.807) is 24.3 Å². The highest BCUT2D eigenvalue weighted by molar-refractivity contribution is 5.82. The lowest BCUT2D eigenvalue weighted by Crippen LogP contribution is -2.46. The maximum atomic E-state index is 13.3. The highest BCUT2D eigenvalue weighted by Crippen LogP contribution is 2.44. The van der Waals surface area contributed by atoms with Gasteiger partial charge < -0.3 is 14.6 Å². The molecule has 0 aliphatic carbocycles. The minimum Gasteiger partial charge on any atom is -0.464 e. The summed E-state index contributed by atoms with van der Waals surface area (Å²) in [4.78, 5) is 12.1. The number of methoxy groups -OCH3 is 1. The molecule has 2 aromatic rings. The van der Waals surface area contributed by atoms with Gasteiger partial charge in [0.1, 0.15) is 11.6 Å². The third-order valence-corrected chi connectivity index (χ3v) is 4.28. The Kier molecular flexibility index (Phi) is 4.74. The molecule has 0 aromatic heterocycles. The van der Waals surface area contributed by atoms with Crippen LogP contribution in [0.15, 0.2) is 60.2 Å². The fourth-order valence-corrected chi connectivity index (χ4v) is 3.00. The number of rotatable bonds is 3. The lowest BCUT2D eigenvalue weighted by molar-refractivity contribution is -0.210. The Bertz CT molecular complexity index is 886. The molecule has 3 rings (SSSR count). The van der Waals surface area contributed by atoms with E-state index in [1.807, 2.05) is 6.07 Å². The van der Waals surface area contributed by atoms with Crippen molar-refractivity contribution in [1.82, 2.24) is 0 Å². The lowest BCUT2D eigenvalue weighted by Gasteiger charge is -2.36. The second-order valence-corrected chi connectivity index (χ2v) is 5.91. The summed E-state index contributed by atoms with van der Waals surface area (Å²) >= 11 is 0. The van der Waals surface area contributed by atoms with Gasteiger partial charge in [0.15, 0.2) is 0 Å². The van der Waals surface area contributed by atoms with Crippen molar-refractivity contribution in [2.75, 3.05) is 7.11 Å². The van der Waals surface area contributed by atoms with E-state index in [-0.39, 0.29) is 17.8 Å². The number of nitriles is 1. The van der Waals surface area contributed by atoms with Crippen LogP contribution in [0, 0.1) is 17.1 Å². The van der Waals surface area contributed by atoms with Crippen LogP contribution in [0.3, 0.4) is 0 Å². The van der Waals surface area contributed by atoms with Gasteiger partial charge in [0.05, 0.1) is 18.8 Å². The minimum atomic E-state index is -2.25. The van der Waals surface area contributed by atoms with Crippen molar-refractivity contribution in [1.29, 1.82) is 5.26 Å². The van der Waals surface area contributed by atoms with E-state index in [0.717, 1.165) is 12.7 Å². The predicted octanol–water partition coefficient (Wildman–Crippen LogP) is 3.13. The molecule has 0 radical (unpaired) electrons. The van der Waals surface area contributed by atoms with E-state index in [9.17, 15) is 19.6 Å². The van der Waals surface area contributed by atoms with E-state index in [0.29, 0.717) is 5.56 Å². The zero-order valence-corrected chi connectivity index (χ0v) is 14.0. The summed E-state index contributed by atoms with van der Waals surface area (Å²) < 4.78 is 23.5. The first-order chi connectivity index (χ1) is 12.5. The van der Waals surface area contributed by atoms with Crippen LogP contribution in [0.5, 0.6) is 0 Å². The quantitative estimate of drug-likeness (QED) is 0.858. The molecule has 1 N–H and O–H groups in total. The third-order valence-electron chi connectivity index (χ3n) is 4.28. The fourth-order valence-electron chi connectivity index (χ4n) is 3.00. The molecular weight excluding hydrogens is 337 g/mol. The number of aliphatic hydroxyl groups is 1. The van der Waals surface area contributed by atoms with Crippen molar-refractivity contribution in [3.05, 3.63) is 77.1 Å². The third kappa shape index (κ3) is 3.17. The Labute approximate surface area is 149 Å². The highest BCUT2D eigenvalue weighted by Gasteiger charge is 2.48. The van der Waals surface area contributed by atoms with Crippen LogP contribution in [-0.4, -0.2) is 24.0 Å². The summed E-state index contributed by atoms with van der Waals surface area (Å²) in [5.74, 6) is -4.22. The number of benzene rings is 2. The summed E-state index contributed by atoms with van der Waals surface area (Å²) in [6.07, 6.45) is -0.169. The Balaban J connectivity index is 2.18. The van der Waals surface area contributed by atoms with E-state index >= 15 is 0 Å². The maximum Gasteiger partial charge on any atom is 0.379 e. The Hall–Kier alpha value is -3.17. The van der Waals surface area contributed by atoms with Crippen molar-refractivity contribution in [3.63, 3.8) is 0 Å². The Morgan fingerprint density at radius 2 is 1.92 bits per heavy atom. The number of carbonyl (C=O) groups is 1. The molecule has 0 amide bonds. The van der Waals surface area contributed by atoms with E-state index in [4.69, 9.17) is 4.74 Å². The number of carbonyl (C=O) groups excluding carboxylic acids is 1. The SMILES string of the molecule is COC(=O)[C@]1(O)C[C@H](c2ccccc2)C(C#N)=C(c2ccc(F)cc2)O1. The number of nitrogens with zero attached hydrogens (tertiary/aromatic N) is 1. The predicted molar refractivity (Wildman–Crippen MR) is 90.8 cm³/mol. The highest BCUT2D eigenvalue weighted by atomic mass is 19.1. The normalized spacial score (nSPS) is 22.3. The van der Waals surface area contributed by atoms with Gasteiger partial charge in [-0.1, -0.05) is 30.3 Å². The van der Waals surface area contributed by atoms with Crippen LogP contribution in [0.2, 0.25) is 0 Å². The molecule has 0 bridgehead atoms. The van der Waals surface area contributed by atoms with Crippen LogP contribution in [-0.2, 0) is 14.3 Å². The second kappa shape index (κ2) is 6.98. The molecule has 5 nitrogen and oxygen atoms in total. The molecular formula is C20H16FNO4. The molecule has 0 spiro atoms. The standard InChI is InChI=1S/C20H16FNO4/c1-25-19(23)20(24)11-16(13-5-3-2-4-6-13)17(12-22)18(26-20)14-7-9-15(21)10-8-14/h2-10,16,24H,11H2,1H3/t16-,20+/m1/s1. The average Bonchev–Trinajstić information content (AvgIpc) is 2.68. The second-order valence-electron chi connectivity index (χ2n) is 5.91. The first-order valence-corrected chi connectivity index (χ1v) is 7.93. The molecule has 0 saturated heterocycles. The van der Waals surface area contributed by atoms with Crippen molar-refractivity contribution >= 4 is 11.7 Å². The molecule has 1 aliphatic rings. The summed E-state index contributed by atoms with van der Waals surface area (Å²) in [6.45, 7) is 0. The summed E-state index contributed by atoms with van der Waals surface area (Å²) in [5.41, 5.74) is 1.37. The number of ether oxygens (including phenoxy) is 2. The summed E-state index contributed by atoms with van der Waals surface area (Å²) in [7, 11) is 1.14. The zero-order valence-electron chi connectivity index (χ0n) is 14.0. The van der Waals surface area contributed by atoms with Gasteiger partial charge in [-0.25, -0.2) is 9.18 Å². The first kappa shape index (κ1) is 17.6. The number of halogens is 1. The number of hydrogen-bond acceptors (Lipinski definition) is 5. The van der Waals surface area contributed by atoms with Crippen LogP contribution in [0.4, 0.5) is 4.39 Å². The Morgan fingerprint density at radius 3 is 2.50 bits per heavy atom. The monoisotopic (exact) mass is 353 g/mol. The zero-order chi connectivity index (χ0) is 18.7. The van der Waals surface area contributed by atoms with Gasteiger partial charge in [-0.2, -0.15) is 5.26 Å². The molecule has 1 aliphatic heterocycles. The molecule has 2 aromatic carbocycles. The number of esters is 1. The maximum absolute atomic E-state index is 13.3. The average molecular weight is 353 g/mol. The molecule has 2 atom stereocenters. The van der Waals surface area contributed by atoms with Gasteiger partial charge in [0, 0.05) is 17.9 Å². The van der Waals surface area contributed by atoms with Crippen molar-refractivity contribution in [2.45, 2.75) is 18.1 Å². The van der Waals surface area contributed by atoms with Crippen molar-refractivity contribution in [2.24, 2.45) is 0 Å². The van der Waals surface area contributed by atoms with Gasteiger partial charge in [-0.15, -0.1) is 0 Å². The van der Waals surface area contributed by atoms with Crippen LogP contribution in [0.1, 0.15) is 23.5 Å². The molecule has 0 fully saturated rings. The fraction of sp³-hybridized carbons (Fsp3) is 0.200. The Morgan fingerprint density at radius 1 is 1.27 bits per heavy atom. The minimum absolute atomic E-state index is 0.0282. The topological polar surface area (TPSA) is 79.5 Å².